The van der Waals surface area contributed by atoms with E-state index in [1.807, 2.05) is 16.7 Å². The molecule has 0 saturated carbocycles. The SMILES string of the molecule is NC1CCN(C(=O)C2CCCCS2)C1. The molecule has 14 heavy (non-hydrogen) atoms. The van der Waals surface area contributed by atoms with Gasteiger partial charge in [-0.25, -0.2) is 0 Å². The first kappa shape index (κ1) is 10.3. The number of nitrogens with two attached hydrogens (primary N) is 1. The van der Waals surface area contributed by atoms with Crippen LogP contribution < -0.4 is 5.73 Å². The Kier molecular flexibility index (Phi) is 3.34. The van der Waals surface area contributed by atoms with Crippen molar-refractivity contribution in [1.29, 1.82) is 0 Å². The Labute approximate surface area is 89.4 Å². The highest BCUT2D eigenvalue weighted by Gasteiger charge is 2.30. The van der Waals surface area contributed by atoms with Crippen molar-refractivity contribution in [2.24, 2.45) is 5.73 Å². The zero-order valence-electron chi connectivity index (χ0n) is 8.45. The number of carbonyl (C=O) groups excluding carboxylic acids is 1. The minimum Gasteiger partial charge on any atom is -0.340 e. The van der Waals surface area contributed by atoms with Crippen LogP contribution in [0.2, 0.25) is 0 Å². The lowest BCUT2D eigenvalue weighted by molar-refractivity contribution is -0.129. The number of likely N-dealkylation sites (tertiary alicyclic amines) is 1. The van der Waals surface area contributed by atoms with E-state index in [-0.39, 0.29) is 11.3 Å². The molecule has 2 fully saturated rings. The Balaban J connectivity index is 1.87. The molecular formula is C10H18N2OS. The Hall–Kier alpha value is -0.220. The highest BCUT2D eigenvalue weighted by molar-refractivity contribution is 8.00. The molecule has 2 saturated heterocycles. The number of amides is 1. The molecule has 4 heteroatoms. The van der Waals surface area contributed by atoms with Crippen LogP contribution in [0.1, 0.15) is 25.7 Å². The molecule has 2 aliphatic rings. The van der Waals surface area contributed by atoms with Crippen molar-refractivity contribution in [1.82, 2.24) is 4.90 Å². The molecule has 0 aromatic heterocycles. The summed E-state index contributed by atoms with van der Waals surface area (Å²) >= 11 is 1.83. The molecule has 3 nitrogen and oxygen atoms in total. The molecule has 0 aromatic carbocycles. The third-order valence-corrected chi connectivity index (χ3v) is 4.36. The van der Waals surface area contributed by atoms with E-state index < -0.39 is 0 Å². The summed E-state index contributed by atoms with van der Waals surface area (Å²) in [6.45, 7) is 1.65. The van der Waals surface area contributed by atoms with Crippen LogP contribution in [0.25, 0.3) is 0 Å². The van der Waals surface area contributed by atoms with Gasteiger partial charge in [0.25, 0.3) is 0 Å². The van der Waals surface area contributed by atoms with E-state index in [1.54, 1.807) is 0 Å². The number of carbonyl (C=O) groups is 1. The minimum atomic E-state index is 0.215. The summed E-state index contributed by atoms with van der Waals surface area (Å²) in [6.07, 6.45) is 4.52. The van der Waals surface area contributed by atoms with Gasteiger partial charge in [0.15, 0.2) is 0 Å². The van der Waals surface area contributed by atoms with Crippen LogP contribution in [0.4, 0.5) is 0 Å². The first-order valence-corrected chi connectivity index (χ1v) is 6.48. The molecule has 0 aromatic rings. The van der Waals surface area contributed by atoms with Gasteiger partial charge in [0.1, 0.15) is 0 Å². The lowest BCUT2D eigenvalue weighted by Gasteiger charge is -2.25. The maximum Gasteiger partial charge on any atom is 0.235 e. The average molecular weight is 214 g/mol. The molecule has 0 bridgehead atoms. The van der Waals surface area contributed by atoms with Crippen molar-refractivity contribution in [2.45, 2.75) is 37.0 Å². The topological polar surface area (TPSA) is 46.3 Å². The normalized spacial score (nSPS) is 33.4. The number of rotatable bonds is 1. The van der Waals surface area contributed by atoms with Gasteiger partial charge in [-0.3, -0.25) is 4.79 Å². The van der Waals surface area contributed by atoms with Crippen LogP contribution in [0.3, 0.4) is 0 Å². The lowest BCUT2D eigenvalue weighted by Crippen LogP contribution is -2.38. The van der Waals surface area contributed by atoms with Crippen LogP contribution in [-0.4, -0.2) is 40.9 Å². The number of hydrogen-bond acceptors (Lipinski definition) is 3. The highest BCUT2D eigenvalue weighted by atomic mass is 32.2. The third kappa shape index (κ3) is 2.23. The highest BCUT2D eigenvalue weighted by Crippen LogP contribution is 2.27. The summed E-state index contributed by atoms with van der Waals surface area (Å²) in [6, 6.07) is 0.215. The second-order valence-corrected chi connectivity index (χ2v) is 5.50. The molecule has 2 aliphatic heterocycles. The van der Waals surface area contributed by atoms with Crippen molar-refractivity contribution in [2.75, 3.05) is 18.8 Å². The first-order valence-electron chi connectivity index (χ1n) is 5.43. The molecule has 1 amide bonds. The maximum absolute atomic E-state index is 12.0. The molecule has 2 heterocycles. The van der Waals surface area contributed by atoms with Crippen LogP contribution in [0, 0.1) is 0 Å². The maximum atomic E-state index is 12.0. The number of thioether (sulfide) groups is 1. The predicted molar refractivity (Wildman–Crippen MR) is 59.3 cm³/mol. The van der Waals surface area contributed by atoms with Crippen molar-refractivity contribution >= 4 is 17.7 Å². The summed E-state index contributed by atoms with van der Waals surface area (Å²) in [5, 5.41) is 0.231. The molecule has 0 radical (unpaired) electrons. The van der Waals surface area contributed by atoms with Crippen LogP contribution in [0.15, 0.2) is 0 Å². The zero-order valence-corrected chi connectivity index (χ0v) is 9.26. The number of hydrogen-bond donors (Lipinski definition) is 1. The largest absolute Gasteiger partial charge is 0.340 e. The lowest BCUT2D eigenvalue weighted by atomic mass is 10.2. The van der Waals surface area contributed by atoms with E-state index in [2.05, 4.69) is 0 Å². The standard InChI is InChI=1S/C10H18N2OS/c11-8-4-5-12(7-8)10(13)9-3-1-2-6-14-9/h8-9H,1-7,11H2. The Bertz CT molecular complexity index is 209. The fraction of sp³-hybridized carbons (Fsp3) is 0.900. The van der Waals surface area contributed by atoms with Gasteiger partial charge in [-0.2, -0.15) is 0 Å². The average Bonchev–Trinajstić information content (AvgIpc) is 2.65. The van der Waals surface area contributed by atoms with E-state index in [4.69, 9.17) is 5.73 Å². The summed E-state index contributed by atoms with van der Waals surface area (Å²) < 4.78 is 0. The Morgan fingerprint density at radius 3 is 2.79 bits per heavy atom. The third-order valence-electron chi connectivity index (χ3n) is 2.99. The quantitative estimate of drug-likeness (QED) is 0.703. The minimum absolute atomic E-state index is 0.215. The predicted octanol–water partition coefficient (Wildman–Crippen LogP) is 0.832. The van der Waals surface area contributed by atoms with E-state index in [0.29, 0.717) is 5.91 Å². The molecule has 2 unspecified atom stereocenters. The molecule has 80 valence electrons. The van der Waals surface area contributed by atoms with Crippen molar-refractivity contribution in [3.8, 4) is 0 Å². The first-order chi connectivity index (χ1) is 6.77. The Morgan fingerprint density at radius 1 is 1.36 bits per heavy atom. The van der Waals surface area contributed by atoms with Crippen LogP contribution in [-0.2, 0) is 4.79 Å². The van der Waals surface area contributed by atoms with Gasteiger partial charge in [0.05, 0.1) is 5.25 Å². The second kappa shape index (κ2) is 4.53. The van der Waals surface area contributed by atoms with E-state index in [0.717, 1.165) is 31.7 Å². The van der Waals surface area contributed by atoms with Gasteiger partial charge < -0.3 is 10.6 Å². The van der Waals surface area contributed by atoms with Gasteiger partial charge in [0.2, 0.25) is 5.91 Å². The molecule has 2 N–H and O–H groups in total. The molecule has 0 spiro atoms. The molecule has 0 aliphatic carbocycles. The number of nitrogens with zero attached hydrogens (tertiary/aromatic N) is 1. The van der Waals surface area contributed by atoms with Gasteiger partial charge in [0, 0.05) is 19.1 Å². The smallest absolute Gasteiger partial charge is 0.235 e. The van der Waals surface area contributed by atoms with Gasteiger partial charge in [-0.15, -0.1) is 11.8 Å². The second-order valence-electron chi connectivity index (χ2n) is 4.19. The van der Waals surface area contributed by atoms with E-state index in [1.165, 1.54) is 12.8 Å². The summed E-state index contributed by atoms with van der Waals surface area (Å²) in [5.74, 6) is 1.48. The van der Waals surface area contributed by atoms with Crippen molar-refractivity contribution in [3.63, 3.8) is 0 Å². The van der Waals surface area contributed by atoms with Gasteiger partial charge in [-0.05, 0) is 25.0 Å². The molecule has 2 atom stereocenters. The van der Waals surface area contributed by atoms with Crippen molar-refractivity contribution < 1.29 is 4.79 Å². The van der Waals surface area contributed by atoms with E-state index in [9.17, 15) is 4.79 Å². The van der Waals surface area contributed by atoms with Gasteiger partial charge >= 0.3 is 0 Å². The van der Waals surface area contributed by atoms with E-state index >= 15 is 0 Å². The van der Waals surface area contributed by atoms with Crippen LogP contribution in [0.5, 0.6) is 0 Å². The van der Waals surface area contributed by atoms with Gasteiger partial charge in [-0.1, -0.05) is 6.42 Å². The molecule has 2 rings (SSSR count). The fourth-order valence-corrected chi connectivity index (χ4v) is 3.41. The summed E-state index contributed by atoms with van der Waals surface area (Å²) in [4.78, 5) is 13.9. The summed E-state index contributed by atoms with van der Waals surface area (Å²) in [5.41, 5.74) is 5.79. The van der Waals surface area contributed by atoms with Crippen molar-refractivity contribution in [3.05, 3.63) is 0 Å². The molecular weight excluding hydrogens is 196 g/mol. The fourth-order valence-electron chi connectivity index (χ4n) is 2.13. The van der Waals surface area contributed by atoms with Crippen LogP contribution >= 0.6 is 11.8 Å². The Morgan fingerprint density at radius 2 is 2.21 bits per heavy atom. The zero-order chi connectivity index (χ0) is 9.97. The summed E-state index contributed by atoms with van der Waals surface area (Å²) in [7, 11) is 0. The monoisotopic (exact) mass is 214 g/mol.